The number of carbonyl (C=O) groups is 1. The summed E-state index contributed by atoms with van der Waals surface area (Å²) in [4.78, 5) is 21.8. The van der Waals surface area contributed by atoms with Gasteiger partial charge in [-0.25, -0.2) is 4.39 Å². The van der Waals surface area contributed by atoms with E-state index in [-0.39, 0.29) is 10.6 Å². The van der Waals surface area contributed by atoms with Gasteiger partial charge in [0.15, 0.2) is 0 Å². The molecule has 4 aromatic rings. The van der Waals surface area contributed by atoms with E-state index in [1.165, 1.54) is 12.1 Å². The van der Waals surface area contributed by atoms with Gasteiger partial charge >= 0.3 is 0 Å². The first-order chi connectivity index (χ1) is 13.6. The zero-order chi connectivity index (χ0) is 19.5. The Morgan fingerprint density at radius 1 is 1.00 bits per heavy atom. The summed E-state index contributed by atoms with van der Waals surface area (Å²) < 4.78 is 13.2. The van der Waals surface area contributed by atoms with Crippen LogP contribution in [0.2, 0.25) is 5.02 Å². The van der Waals surface area contributed by atoms with Gasteiger partial charge in [0.25, 0.3) is 5.91 Å². The summed E-state index contributed by atoms with van der Waals surface area (Å²) in [6, 6.07) is 11.4. The molecule has 0 bridgehead atoms. The predicted molar refractivity (Wildman–Crippen MR) is 110 cm³/mol. The molecule has 7 heteroatoms. The van der Waals surface area contributed by atoms with Gasteiger partial charge in [0, 0.05) is 34.6 Å². The number of aromatic nitrogens is 2. The third-order valence-electron chi connectivity index (χ3n) is 4.05. The van der Waals surface area contributed by atoms with Gasteiger partial charge in [0.1, 0.15) is 5.82 Å². The highest BCUT2D eigenvalue weighted by Crippen LogP contribution is 2.33. The van der Waals surface area contributed by atoms with Gasteiger partial charge in [0.05, 0.1) is 22.5 Å². The van der Waals surface area contributed by atoms with Crippen LogP contribution in [0.3, 0.4) is 0 Å². The van der Waals surface area contributed by atoms with Crippen molar-refractivity contribution in [2.45, 2.75) is 0 Å². The van der Waals surface area contributed by atoms with Crippen molar-refractivity contribution in [2.75, 3.05) is 5.32 Å². The van der Waals surface area contributed by atoms with Crippen molar-refractivity contribution in [3.63, 3.8) is 0 Å². The van der Waals surface area contributed by atoms with E-state index < -0.39 is 11.7 Å². The smallest absolute Gasteiger partial charge is 0.257 e. The molecule has 1 aromatic carbocycles. The minimum Gasteiger partial charge on any atom is -0.321 e. The summed E-state index contributed by atoms with van der Waals surface area (Å²) in [5.41, 5.74) is 3.71. The van der Waals surface area contributed by atoms with E-state index in [2.05, 4.69) is 26.7 Å². The van der Waals surface area contributed by atoms with Gasteiger partial charge in [0.2, 0.25) is 0 Å². The first kappa shape index (κ1) is 18.3. The molecule has 0 atom stereocenters. The molecule has 1 N–H and O–H groups in total. The molecule has 0 aliphatic heterocycles. The number of benzene rings is 1. The Hall–Kier alpha value is -3.09. The van der Waals surface area contributed by atoms with Crippen molar-refractivity contribution in [1.82, 2.24) is 9.97 Å². The summed E-state index contributed by atoms with van der Waals surface area (Å²) in [6.07, 6.45) is 6.83. The third kappa shape index (κ3) is 3.93. The van der Waals surface area contributed by atoms with Gasteiger partial charge in [-0.15, -0.1) is 11.3 Å². The Labute approximate surface area is 169 Å². The SMILES string of the molecule is O=C(Nc1cncc(-c2cc(-c3cccnc3)cs2)c1)c1ccc(F)cc1Cl. The molecule has 1 amide bonds. The average molecular weight is 410 g/mol. The molecule has 0 radical (unpaired) electrons. The highest BCUT2D eigenvalue weighted by molar-refractivity contribution is 7.14. The van der Waals surface area contributed by atoms with Gasteiger partial charge in [-0.3, -0.25) is 14.8 Å². The summed E-state index contributed by atoms with van der Waals surface area (Å²) in [5.74, 6) is -0.918. The highest BCUT2D eigenvalue weighted by Gasteiger charge is 2.12. The summed E-state index contributed by atoms with van der Waals surface area (Å²) in [7, 11) is 0. The Morgan fingerprint density at radius 2 is 1.86 bits per heavy atom. The molecule has 0 saturated carbocycles. The van der Waals surface area contributed by atoms with E-state index in [9.17, 15) is 9.18 Å². The van der Waals surface area contributed by atoms with Gasteiger partial charge in [-0.05, 0) is 47.3 Å². The van der Waals surface area contributed by atoms with E-state index in [4.69, 9.17) is 11.6 Å². The Balaban J connectivity index is 1.57. The van der Waals surface area contributed by atoms with Crippen LogP contribution in [-0.2, 0) is 0 Å². The first-order valence-corrected chi connectivity index (χ1v) is 9.57. The van der Waals surface area contributed by atoms with Crippen LogP contribution in [-0.4, -0.2) is 15.9 Å². The van der Waals surface area contributed by atoms with Crippen LogP contribution in [0.5, 0.6) is 0 Å². The summed E-state index contributed by atoms with van der Waals surface area (Å²) in [5, 5.41) is 4.86. The lowest BCUT2D eigenvalue weighted by atomic mass is 10.1. The molecule has 4 rings (SSSR count). The Kier molecular flexibility index (Phi) is 5.14. The number of hydrogen-bond donors (Lipinski definition) is 1. The molecule has 0 aliphatic carbocycles. The Morgan fingerprint density at radius 3 is 2.64 bits per heavy atom. The zero-order valence-electron chi connectivity index (χ0n) is 14.4. The standard InChI is InChI=1S/C21H13ClFN3OS/c22-19-8-16(23)3-4-18(19)21(27)26-17-6-14(10-25-11-17)20-7-15(12-28-20)13-2-1-5-24-9-13/h1-12H,(H,26,27). The molecule has 4 nitrogen and oxygen atoms in total. The fourth-order valence-electron chi connectivity index (χ4n) is 2.69. The van der Waals surface area contributed by atoms with Crippen molar-refractivity contribution in [1.29, 1.82) is 0 Å². The fraction of sp³-hybridized carbons (Fsp3) is 0. The van der Waals surface area contributed by atoms with Crippen LogP contribution in [0.1, 0.15) is 10.4 Å². The second kappa shape index (κ2) is 7.88. The second-order valence-corrected chi connectivity index (χ2v) is 7.30. The molecule has 0 spiro atoms. The highest BCUT2D eigenvalue weighted by atomic mass is 35.5. The summed E-state index contributed by atoms with van der Waals surface area (Å²) in [6.45, 7) is 0. The molecular formula is C21H13ClFN3OS. The number of carbonyl (C=O) groups excluding carboxylic acids is 1. The minimum absolute atomic E-state index is 0.0565. The molecule has 0 aliphatic rings. The minimum atomic E-state index is -0.493. The molecule has 138 valence electrons. The Bertz CT molecular complexity index is 1150. The van der Waals surface area contributed by atoms with Crippen LogP contribution in [0.15, 0.2) is 72.6 Å². The number of anilines is 1. The average Bonchev–Trinajstić information content (AvgIpc) is 3.19. The van der Waals surface area contributed by atoms with Crippen LogP contribution in [0, 0.1) is 5.82 Å². The second-order valence-electron chi connectivity index (χ2n) is 5.98. The maximum absolute atomic E-state index is 13.2. The topological polar surface area (TPSA) is 54.9 Å². The van der Waals surface area contributed by atoms with Crippen molar-refractivity contribution in [2.24, 2.45) is 0 Å². The van der Waals surface area contributed by atoms with Gasteiger partial charge in [-0.2, -0.15) is 0 Å². The van der Waals surface area contributed by atoms with Crippen LogP contribution >= 0.6 is 22.9 Å². The van der Waals surface area contributed by atoms with E-state index >= 15 is 0 Å². The molecule has 0 saturated heterocycles. The van der Waals surface area contributed by atoms with E-state index in [1.807, 2.05) is 24.4 Å². The van der Waals surface area contributed by atoms with Crippen molar-refractivity contribution in [3.05, 3.63) is 89.0 Å². The number of thiophene rings is 1. The van der Waals surface area contributed by atoms with Crippen LogP contribution in [0.4, 0.5) is 10.1 Å². The first-order valence-electron chi connectivity index (χ1n) is 8.31. The predicted octanol–water partition coefficient (Wildman–Crippen LogP) is 5.92. The molecule has 28 heavy (non-hydrogen) atoms. The zero-order valence-corrected chi connectivity index (χ0v) is 16.0. The maximum atomic E-state index is 13.2. The van der Waals surface area contributed by atoms with Gasteiger partial charge in [-0.1, -0.05) is 17.7 Å². The number of pyridine rings is 2. The maximum Gasteiger partial charge on any atom is 0.257 e. The van der Waals surface area contributed by atoms with E-state index in [0.717, 1.165) is 27.6 Å². The van der Waals surface area contributed by atoms with Crippen LogP contribution < -0.4 is 5.32 Å². The lowest BCUT2D eigenvalue weighted by molar-refractivity contribution is 0.102. The fourth-order valence-corrected chi connectivity index (χ4v) is 3.84. The van der Waals surface area contributed by atoms with Crippen LogP contribution in [0.25, 0.3) is 21.6 Å². The number of rotatable bonds is 4. The quantitative estimate of drug-likeness (QED) is 0.455. The third-order valence-corrected chi connectivity index (χ3v) is 5.34. The largest absolute Gasteiger partial charge is 0.321 e. The number of nitrogens with one attached hydrogen (secondary N) is 1. The number of nitrogens with zero attached hydrogens (tertiary/aromatic N) is 2. The molecule has 0 fully saturated rings. The lowest BCUT2D eigenvalue weighted by Crippen LogP contribution is -2.12. The molecular weight excluding hydrogens is 397 g/mol. The van der Waals surface area contributed by atoms with E-state index in [1.54, 1.807) is 29.9 Å². The van der Waals surface area contributed by atoms with Gasteiger partial charge < -0.3 is 5.32 Å². The number of halogens is 2. The summed E-state index contributed by atoms with van der Waals surface area (Å²) >= 11 is 7.54. The molecule has 3 aromatic heterocycles. The van der Waals surface area contributed by atoms with E-state index in [0.29, 0.717) is 5.69 Å². The van der Waals surface area contributed by atoms with Crippen molar-refractivity contribution < 1.29 is 9.18 Å². The molecule has 3 heterocycles. The number of amides is 1. The number of hydrogen-bond acceptors (Lipinski definition) is 4. The molecule has 0 unspecified atom stereocenters. The monoisotopic (exact) mass is 409 g/mol. The van der Waals surface area contributed by atoms with Crippen molar-refractivity contribution >= 4 is 34.5 Å². The lowest BCUT2D eigenvalue weighted by Gasteiger charge is -2.07. The normalized spacial score (nSPS) is 10.6. The van der Waals surface area contributed by atoms with Crippen molar-refractivity contribution in [3.8, 4) is 21.6 Å².